The normalized spacial score (nSPS) is 12.9. The van der Waals surface area contributed by atoms with Gasteiger partial charge in [0.05, 0.1) is 10.7 Å². The van der Waals surface area contributed by atoms with Gasteiger partial charge in [0, 0.05) is 19.9 Å². The fraction of sp³-hybridized carbons (Fsp3) is 0.0588. The Bertz CT molecular complexity index is 1060. The van der Waals surface area contributed by atoms with Crippen LogP contribution in [0.25, 0.3) is 11.0 Å². The lowest BCUT2D eigenvalue weighted by Gasteiger charge is -2.01. The number of ether oxygens (including phenoxy) is 2. The number of halogens is 3. The van der Waals surface area contributed by atoms with Crippen molar-refractivity contribution in [1.82, 2.24) is 5.43 Å². The number of carbonyl (C=O) groups is 1. The molecule has 0 fully saturated rings. The summed E-state index contributed by atoms with van der Waals surface area (Å²) in [5.74, 6) is 1.02. The number of rotatable bonds is 3. The highest BCUT2D eigenvalue weighted by atomic mass is 79.9. The zero-order valence-corrected chi connectivity index (χ0v) is 17.6. The van der Waals surface area contributed by atoms with E-state index >= 15 is 0 Å². The molecule has 3 aromatic rings. The summed E-state index contributed by atoms with van der Waals surface area (Å²) in [6, 6.07) is 8.94. The molecule has 0 atom stereocenters. The molecule has 1 aliphatic heterocycles. The Balaban J connectivity index is 1.52. The first-order chi connectivity index (χ1) is 12.5. The predicted molar refractivity (Wildman–Crippen MR) is 107 cm³/mol. The molecular weight excluding hydrogens is 536 g/mol. The number of hydrogen-bond acceptors (Lipinski definition) is 5. The minimum absolute atomic E-state index is 0.167. The maximum atomic E-state index is 12.3. The van der Waals surface area contributed by atoms with Crippen LogP contribution in [0.2, 0.25) is 0 Å². The van der Waals surface area contributed by atoms with E-state index < -0.39 is 5.91 Å². The first-order valence-corrected chi connectivity index (χ1v) is 9.70. The van der Waals surface area contributed by atoms with Crippen LogP contribution in [-0.2, 0) is 0 Å². The van der Waals surface area contributed by atoms with Gasteiger partial charge in [-0.1, -0.05) is 15.9 Å². The molecule has 0 bridgehead atoms. The van der Waals surface area contributed by atoms with Gasteiger partial charge in [0.2, 0.25) is 6.79 Å². The molecule has 1 aromatic heterocycles. The molecule has 0 spiro atoms. The Morgan fingerprint density at radius 2 is 1.81 bits per heavy atom. The van der Waals surface area contributed by atoms with Crippen molar-refractivity contribution < 1.29 is 18.7 Å². The van der Waals surface area contributed by atoms with E-state index in [0.717, 1.165) is 24.4 Å². The van der Waals surface area contributed by atoms with Gasteiger partial charge in [-0.15, -0.1) is 0 Å². The van der Waals surface area contributed by atoms with Crippen molar-refractivity contribution >= 4 is 70.9 Å². The monoisotopic (exact) mass is 542 g/mol. The van der Waals surface area contributed by atoms with E-state index in [0.29, 0.717) is 17.1 Å². The van der Waals surface area contributed by atoms with E-state index in [1.807, 2.05) is 12.1 Å². The van der Waals surface area contributed by atoms with E-state index in [9.17, 15) is 4.79 Å². The number of fused-ring (bicyclic) bond motifs is 2. The molecule has 9 heteroatoms. The third kappa shape index (κ3) is 3.38. The average Bonchev–Trinajstić information content (AvgIpc) is 3.21. The molecule has 0 saturated heterocycles. The van der Waals surface area contributed by atoms with Crippen molar-refractivity contribution in [2.45, 2.75) is 0 Å². The number of nitrogens with zero attached hydrogens (tertiary/aromatic N) is 1. The molecule has 0 radical (unpaired) electrons. The van der Waals surface area contributed by atoms with Crippen LogP contribution in [0.1, 0.15) is 16.1 Å². The van der Waals surface area contributed by atoms with Gasteiger partial charge in [0.15, 0.2) is 17.3 Å². The zero-order valence-electron chi connectivity index (χ0n) is 12.9. The second-order valence-electron chi connectivity index (χ2n) is 5.34. The van der Waals surface area contributed by atoms with Gasteiger partial charge in [-0.25, -0.2) is 5.43 Å². The summed E-state index contributed by atoms with van der Waals surface area (Å²) >= 11 is 10.3. The van der Waals surface area contributed by atoms with Crippen LogP contribution in [0, 0.1) is 0 Å². The van der Waals surface area contributed by atoms with Gasteiger partial charge in [0.1, 0.15) is 5.58 Å². The largest absolute Gasteiger partial charge is 0.454 e. The average molecular weight is 545 g/mol. The van der Waals surface area contributed by atoms with Gasteiger partial charge in [-0.2, -0.15) is 5.10 Å². The lowest BCUT2D eigenvalue weighted by Crippen LogP contribution is -2.16. The second-order valence-corrected chi connectivity index (χ2v) is 7.97. The van der Waals surface area contributed by atoms with Gasteiger partial charge < -0.3 is 13.9 Å². The Hall–Kier alpha value is -1.84. The van der Waals surface area contributed by atoms with Crippen molar-refractivity contribution in [3.63, 3.8) is 0 Å². The number of furan rings is 1. The summed E-state index contributed by atoms with van der Waals surface area (Å²) in [6.07, 6.45) is 1.51. The molecule has 132 valence electrons. The van der Waals surface area contributed by atoms with Gasteiger partial charge in [-0.3, -0.25) is 4.79 Å². The van der Waals surface area contributed by atoms with Crippen LogP contribution < -0.4 is 14.9 Å². The maximum absolute atomic E-state index is 12.3. The van der Waals surface area contributed by atoms with Crippen LogP contribution >= 0.6 is 47.8 Å². The standard InChI is InChI=1S/C17H9Br3N2O4/c18-10-1-8-2-15(26-16(8)12(20)4-10)17(23)22-21-6-9-3-13-14(5-11(9)19)25-7-24-13/h1-6H,7H2,(H,22,23)/b21-6+. The van der Waals surface area contributed by atoms with E-state index in [-0.39, 0.29) is 12.6 Å². The summed E-state index contributed by atoms with van der Waals surface area (Å²) in [6.45, 7) is 0.191. The second kappa shape index (κ2) is 7.05. The van der Waals surface area contributed by atoms with E-state index in [4.69, 9.17) is 13.9 Å². The molecule has 0 unspecified atom stereocenters. The molecular formula is C17H9Br3N2O4. The third-order valence-corrected chi connectivity index (χ3v) is 5.35. The number of hydrazone groups is 1. The van der Waals surface area contributed by atoms with Crippen LogP contribution in [0.4, 0.5) is 0 Å². The topological polar surface area (TPSA) is 73.1 Å². The minimum atomic E-state index is -0.447. The maximum Gasteiger partial charge on any atom is 0.307 e. The minimum Gasteiger partial charge on any atom is -0.454 e. The highest BCUT2D eigenvalue weighted by Gasteiger charge is 2.16. The van der Waals surface area contributed by atoms with Crippen molar-refractivity contribution in [2.75, 3.05) is 6.79 Å². The molecule has 4 rings (SSSR count). The molecule has 0 aliphatic carbocycles. The van der Waals surface area contributed by atoms with Gasteiger partial charge >= 0.3 is 5.91 Å². The molecule has 1 aliphatic rings. The number of nitrogens with one attached hydrogen (secondary N) is 1. The molecule has 26 heavy (non-hydrogen) atoms. The summed E-state index contributed by atoms with van der Waals surface area (Å²) < 4.78 is 18.6. The van der Waals surface area contributed by atoms with Crippen LogP contribution in [0.5, 0.6) is 11.5 Å². The molecule has 2 heterocycles. The molecule has 2 aromatic carbocycles. The van der Waals surface area contributed by atoms with Crippen molar-refractivity contribution in [2.24, 2.45) is 5.10 Å². The summed E-state index contributed by atoms with van der Waals surface area (Å²) in [7, 11) is 0. The van der Waals surface area contributed by atoms with Crippen LogP contribution in [0.3, 0.4) is 0 Å². The molecule has 6 nitrogen and oxygen atoms in total. The summed E-state index contributed by atoms with van der Waals surface area (Å²) in [5, 5.41) is 4.79. The summed E-state index contributed by atoms with van der Waals surface area (Å²) in [5.41, 5.74) is 3.79. The lowest BCUT2D eigenvalue weighted by molar-refractivity contribution is 0.0929. The lowest BCUT2D eigenvalue weighted by atomic mass is 10.2. The Morgan fingerprint density at radius 3 is 2.62 bits per heavy atom. The highest BCUT2D eigenvalue weighted by molar-refractivity contribution is 9.11. The highest BCUT2D eigenvalue weighted by Crippen LogP contribution is 2.36. The van der Waals surface area contributed by atoms with Crippen molar-refractivity contribution in [1.29, 1.82) is 0 Å². The third-order valence-electron chi connectivity index (χ3n) is 3.62. The smallest absolute Gasteiger partial charge is 0.307 e. The number of benzene rings is 2. The van der Waals surface area contributed by atoms with Crippen LogP contribution in [-0.4, -0.2) is 18.9 Å². The Kier molecular flexibility index (Phi) is 4.76. The zero-order chi connectivity index (χ0) is 18.3. The SMILES string of the molecule is O=C(N/N=C/c1cc2c(cc1Br)OCO2)c1cc2cc(Br)cc(Br)c2o1. The first-order valence-electron chi connectivity index (χ1n) is 7.32. The Labute approximate surface area is 172 Å². The fourth-order valence-electron chi connectivity index (χ4n) is 2.44. The first kappa shape index (κ1) is 17.6. The van der Waals surface area contributed by atoms with Crippen LogP contribution in [0.15, 0.2) is 53.3 Å². The molecule has 1 N–H and O–H groups in total. The van der Waals surface area contributed by atoms with E-state index in [1.165, 1.54) is 6.21 Å². The quantitative estimate of drug-likeness (QED) is 0.363. The van der Waals surface area contributed by atoms with E-state index in [1.54, 1.807) is 18.2 Å². The number of hydrogen-bond donors (Lipinski definition) is 1. The fourth-order valence-corrected chi connectivity index (χ4v) is 4.20. The van der Waals surface area contributed by atoms with E-state index in [2.05, 4.69) is 58.3 Å². The van der Waals surface area contributed by atoms with Crippen molar-refractivity contribution in [3.05, 3.63) is 55.1 Å². The predicted octanol–water partition coefficient (Wildman–Crippen LogP) is 5.21. The summed E-state index contributed by atoms with van der Waals surface area (Å²) in [4.78, 5) is 12.3. The van der Waals surface area contributed by atoms with Crippen molar-refractivity contribution in [3.8, 4) is 11.5 Å². The number of carbonyl (C=O) groups excluding carboxylic acids is 1. The Morgan fingerprint density at radius 1 is 1.04 bits per heavy atom. The molecule has 0 saturated carbocycles. The van der Waals surface area contributed by atoms with Gasteiger partial charge in [-0.05, 0) is 62.2 Å². The molecule has 1 amide bonds. The number of amides is 1. The van der Waals surface area contributed by atoms with Gasteiger partial charge in [0.25, 0.3) is 0 Å².